The molecule has 0 spiro atoms. The maximum Gasteiger partial charge on any atom is 0.355 e. The van der Waals surface area contributed by atoms with Crippen LogP contribution in [-0.2, 0) is 11.3 Å². The summed E-state index contributed by atoms with van der Waals surface area (Å²) >= 11 is 0. The van der Waals surface area contributed by atoms with Crippen LogP contribution >= 0.6 is 0 Å². The Labute approximate surface area is 171 Å². The van der Waals surface area contributed by atoms with E-state index in [2.05, 4.69) is 13.8 Å². The fraction of sp³-hybridized carbons (Fsp3) is 0.522. The predicted octanol–water partition coefficient (Wildman–Crippen LogP) is 4.42. The van der Waals surface area contributed by atoms with E-state index in [1.54, 1.807) is 13.8 Å². The molecule has 0 N–H and O–H groups in total. The van der Waals surface area contributed by atoms with Crippen LogP contribution in [0.5, 0.6) is 0 Å². The fourth-order valence-electron chi connectivity index (χ4n) is 4.09. The van der Waals surface area contributed by atoms with Gasteiger partial charge in [-0.25, -0.2) is 9.36 Å². The van der Waals surface area contributed by atoms with Crippen LogP contribution in [0, 0.1) is 18.8 Å². The first-order valence-corrected chi connectivity index (χ1v) is 10.3. The van der Waals surface area contributed by atoms with Gasteiger partial charge in [0.2, 0.25) is 0 Å². The number of nitrogens with zero attached hydrogens (tertiary/aromatic N) is 2. The Balaban J connectivity index is 2.33. The number of rotatable bonds is 6. The average Bonchev–Trinajstić information content (AvgIpc) is 3.04. The number of aryl methyl sites for hydroxylation is 1. The van der Waals surface area contributed by atoms with Gasteiger partial charge in [-0.15, -0.1) is 0 Å². The predicted molar refractivity (Wildman–Crippen MR) is 114 cm³/mol. The van der Waals surface area contributed by atoms with Gasteiger partial charge in [0.25, 0.3) is 11.5 Å². The van der Waals surface area contributed by atoms with Gasteiger partial charge in [-0.3, -0.25) is 9.59 Å². The quantitative estimate of drug-likeness (QED) is 0.676. The molecule has 0 saturated heterocycles. The average molecular weight is 399 g/mol. The van der Waals surface area contributed by atoms with Crippen molar-refractivity contribution in [2.75, 3.05) is 6.61 Å². The molecule has 0 unspecified atom stereocenters. The van der Waals surface area contributed by atoms with Gasteiger partial charge in [0.1, 0.15) is 5.69 Å². The zero-order valence-electron chi connectivity index (χ0n) is 18.4. The van der Waals surface area contributed by atoms with Crippen molar-refractivity contribution in [3.63, 3.8) is 0 Å². The molecule has 0 aliphatic carbocycles. The number of carbonyl (C=O) groups excluding carboxylic acids is 2. The number of carbonyl (C=O) groups is 2. The Morgan fingerprint density at radius 3 is 2.31 bits per heavy atom. The summed E-state index contributed by atoms with van der Waals surface area (Å²) in [5.74, 6) is -0.216. The second-order valence-electron chi connectivity index (χ2n) is 8.66. The molecule has 2 aromatic rings. The summed E-state index contributed by atoms with van der Waals surface area (Å²) in [6.07, 6.45) is 0.662. The molecule has 3 heterocycles. The molecule has 1 aliphatic heterocycles. The Morgan fingerprint density at radius 2 is 1.76 bits per heavy atom. The van der Waals surface area contributed by atoms with Crippen molar-refractivity contribution < 1.29 is 14.3 Å². The lowest BCUT2D eigenvalue weighted by Gasteiger charge is -2.14. The van der Waals surface area contributed by atoms with Crippen molar-refractivity contribution in [3.05, 3.63) is 38.9 Å². The van der Waals surface area contributed by atoms with E-state index in [-0.39, 0.29) is 23.3 Å². The van der Waals surface area contributed by atoms with E-state index in [1.807, 2.05) is 31.4 Å². The van der Waals surface area contributed by atoms with E-state index in [1.165, 1.54) is 4.57 Å². The minimum absolute atomic E-state index is 0.217. The van der Waals surface area contributed by atoms with Crippen molar-refractivity contribution >= 4 is 28.4 Å². The van der Waals surface area contributed by atoms with Crippen molar-refractivity contribution in [1.29, 1.82) is 0 Å². The standard InChI is InChI=1S/C23H30N2O4/c1-8-16-14(6)21(26)25-17(16)9-18-19(22(25)27)15(7)20(24(18)10-12(2)3)23(28)29-11-13(4)5/h9,12-13H,8,10-11H2,1-7H3. The molecule has 29 heavy (non-hydrogen) atoms. The summed E-state index contributed by atoms with van der Waals surface area (Å²) in [6, 6.07) is 1.89. The largest absolute Gasteiger partial charge is 0.461 e. The van der Waals surface area contributed by atoms with Crippen LogP contribution in [0.1, 0.15) is 74.5 Å². The highest BCUT2D eigenvalue weighted by Crippen LogP contribution is 2.33. The molecule has 0 radical (unpaired) electrons. The minimum atomic E-state index is -0.425. The smallest absolute Gasteiger partial charge is 0.355 e. The molecule has 6 heteroatoms. The third-order valence-electron chi connectivity index (χ3n) is 5.41. The van der Waals surface area contributed by atoms with Crippen molar-refractivity contribution in [3.8, 4) is 0 Å². The van der Waals surface area contributed by atoms with Gasteiger partial charge < -0.3 is 9.30 Å². The molecule has 0 fully saturated rings. The summed E-state index contributed by atoms with van der Waals surface area (Å²) in [6.45, 7) is 14.5. The molecule has 0 bridgehead atoms. The molecular weight excluding hydrogens is 368 g/mol. The lowest BCUT2D eigenvalue weighted by Crippen LogP contribution is -2.26. The van der Waals surface area contributed by atoms with E-state index in [0.29, 0.717) is 53.0 Å². The first kappa shape index (κ1) is 21.1. The van der Waals surface area contributed by atoms with Crippen molar-refractivity contribution in [1.82, 2.24) is 9.13 Å². The number of hydrogen-bond donors (Lipinski definition) is 0. The van der Waals surface area contributed by atoms with E-state index in [4.69, 9.17) is 4.74 Å². The Bertz CT molecular complexity index is 1100. The second-order valence-corrected chi connectivity index (χ2v) is 8.66. The number of ether oxygens (including phenoxy) is 1. The molecule has 6 nitrogen and oxygen atoms in total. The SMILES string of the molecule is CCC1=C(C)C(=O)n2c1cc1c(c(C)c(C(=O)OCC(C)C)n1CC(C)C)c2=O. The highest BCUT2D eigenvalue weighted by Gasteiger charge is 2.31. The van der Waals surface area contributed by atoms with Crippen LogP contribution in [0.15, 0.2) is 16.4 Å². The van der Waals surface area contributed by atoms with Crippen LogP contribution in [0.4, 0.5) is 0 Å². The highest BCUT2D eigenvalue weighted by atomic mass is 16.5. The Kier molecular flexibility index (Phi) is 5.57. The molecule has 1 aliphatic rings. The first-order valence-electron chi connectivity index (χ1n) is 10.3. The van der Waals surface area contributed by atoms with Gasteiger partial charge >= 0.3 is 5.97 Å². The number of esters is 1. The third-order valence-corrected chi connectivity index (χ3v) is 5.41. The van der Waals surface area contributed by atoms with E-state index in [9.17, 15) is 14.4 Å². The van der Waals surface area contributed by atoms with Crippen molar-refractivity contribution in [2.45, 2.75) is 61.4 Å². The monoisotopic (exact) mass is 398 g/mol. The normalized spacial score (nSPS) is 13.9. The fourth-order valence-corrected chi connectivity index (χ4v) is 4.09. The zero-order valence-corrected chi connectivity index (χ0v) is 18.4. The molecule has 0 aromatic carbocycles. The lowest BCUT2D eigenvalue weighted by molar-refractivity contribution is 0.0445. The van der Waals surface area contributed by atoms with Crippen LogP contribution in [-0.4, -0.2) is 27.6 Å². The molecule has 0 amide bonds. The number of pyridine rings is 1. The molecule has 0 atom stereocenters. The Morgan fingerprint density at radius 1 is 1.10 bits per heavy atom. The van der Waals surface area contributed by atoms with Crippen molar-refractivity contribution in [2.24, 2.45) is 11.8 Å². The van der Waals surface area contributed by atoms with E-state index in [0.717, 1.165) is 5.57 Å². The molecule has 2 aromatic heterocycles. The number of hydrogen-bond acceptors (Lipinski definition) is 4. The molecule has 3 rings (SSSR count). The van der Waals surface area contributed by atoms with Gasteiger partial charge in [0.15, 0.2) is 0 Å². The maximum absolute atomic E-state index is 13.3. The zero-order chi connectivity index (χ0) is 21.6. The third kappa shape index (κ3) is 3.34. The summed E-state index contributed by atoms with van der Waals surface area (Å²) in [5, 5.41) is 0.421. The van der Waals surface area contributed by atoms with Crippen LogP contribution < -0.4 is 5.56 Å². The van der Waals surface area contributed by atoms with Gasteiger partial charge in [0, 0.05) is 12.1 Å². The van der Waals surface area contributed by atoms with Crippen LogP contribution in [0.3, 0.4) is 0 Å². The van der Waals surface area contributed by atoms with Gasteiger partial charge in [-0.2, -0.15) is 0 Å². The highest BCUT2D eigenvalue weighted by molar-refractivity contribution is 6.10. The summed E-state index contributed by atoms with van der Waals surface area (Å²) in [4.78, 5) is 39.0. The van der Waals surface area contributed by atoms with Gasteiger partial charge in [0.05, 0.1) is 23.2 Å². The topological polar surface area (TPSA) is 70.3 Å². The lowest BCUT2D eigenvalue weighted by atomic mass is 10.1. The first-order chi connectivity index (χ1) is 13.6. The van der Waals surface area contributed by atoms with Gasteiger partial charge in [-0.05, 0) is 49.3 Å². The number of allylic oxidation sites excluding steroid dienone is 2. The summed E-state index contributed by atoms with van der Waals surface area (Å²) < 4.78 is 8.65. The van der Waals surface area contributed by atoms with E-state index < -0.39 is 5.97 Å². The molecule has 156 valence electrons. The second kappa shape index (κ2) is 7.65. The maximum atomic E-state index is 13.3. The Hall–Kier alpha value is -2.63. The number of aromatic nitrogens is 2. The summed E-state index contributed by atoms with van der Waals surface area (Å²) in [5.41, 5.74) is 3.44. The summed E-state index contributed by atoms with van der Waals surface area (Å²) in [7, 11) is 0. The number of fused-ring (bicyclic) bond motifs is 2. The van der Waals surface area contributed by atoms with Gasteiger partial charge in [-0.1, -0.05) is 34.6 Å². The van der Waals surface area contributed by atoms with Crippen LogP contribution in [0.25, 0.3) is 16.5 Å². The molecular formula is C23H30N2O4. The molecule has 0 saturated carbocycles. The van der Waals surface area contributed by atoms with Crippen LogP contribution in [0.2, 0.25) is 0 Å². The van der Waals surface area contributed by atoms with E-state index >= 15 is 0 Å². The minimum Gasteiger partial charge on any atom is -0.461 e.